The molecule has 2 aromatic heterocycles. The van der Waals surface area contributed by atoms with Gasteiger partial charge in [0, 0.05) is 18.0 Å². The van der Waals surface area contributed by atoms with Crippen LogP contribution < -0.4 is 10.9 Å². The Balaban J connectivity index is 1.74. The fourth-order valence-corrected chi connectivity index (χ4v) is 4.78. The summed E-state index contributed by atoms with van der Waals surface area (Å²) in [4.78, 5) is 22.8. The molecule has 0 saturated carbocycles. The largest absolute Gasteiger partial charge is 0.317 e. The molecule has 0 bridgehead atoms. The summed E-state index contributed by atoms with van der Waals surface area (Å²) in [5.41, 5.74) is 5.19. The van der Waals surface area contributed by atoms with Crippen molar-refractivity contribution in [2.45, 2.75) is 44.1 Å². The quantitative estimate of drug-likeness (QED) is 0.762. The predicted molar refractivity (Wildman–Crippen MR) is 106 cm³/mol. The minimum Gasteiger partial charge on any atom is -0.317 e. The Bertz CT molecular complexity index is 1040. The van der Waals surface area contributed by atoms with Crippen LogP contribution in [-0.4, -0.2) is 27.6 Å². The lowest BCUT2D eigenvalue weighted by Crippen LogP contribution is -2.35. The Morgan fingerprint density at radius 2 is 1.81 bits per heavy atom. The fraction of sp³-hybridized carbons (Fsp3) is 0.409. The summed E-state index contributed by atoms with van der Waals surface area (Å²) in [5, 5.41) is 3.40. The number of hydrogen-bond acceptors (Lipinski definition) is 4. The first kappa shape index (κ1) is 16.6. The first-order valence-electron chi connectivity index (χ1n) is 9.97. The van der Waals surface area contributed by atoms with Crippen LogP contribution in [0.4, 0.5) is 0 Å². The fourth-order valence-electron chi connectivity index (χ4n) is 4.78. The molecule has 3 heterocycles. The van der Waals surface area contributed by atoms with Gasteiger partial charge in [-0.05, 0) is 68.3 Å². The molecule has 138 valence electrons. The molecule has 27 heavy (non-hydrogen) atoms. The SMILES string of the molecule is O=c1c(C2CCNCC2)cc2nccnc2n1C1CCCc2ccccc21. The molecular weight excluding hydrogens is 336 g/mol. The van der Waals surface area contributed by atoms with E-state index in [1.807, 2.05) is 10.6 Å². The highest BCUT2D eigenvalue weighted by molar-refractivity contribution is 5.71. The Morgan fingerprint density at radius 3 is 2.70 bits per heavy atom. The van der Waals surface area contributed by atoms with E-state index in [1.54, 1.807) is 12.4 Å². The maximum absolute atomic E-state index is 13.7. The molecule has 1 aliphatic heterocycles. The van der Waals surface area contributed by atoms with Crippen LogP contribution in [0, 0.1) is 0 Å². The van der Waals surface area contributed by atoms with E-state index in [4.69, 9.17) is 0 Å². The van der Waals surface area contributed by atoms with Crippen LogP contribution in [0.3, 0.4) is 0 Å². The molecule has 1 saturated heterocycles. The molecule has 1 atom stereocenters. The van der Waals surface area contributed by atoms with Crippen molar-refractivity contribution in [3.05, 3.63) is 69.8 Å². The lowest BCUT2D eigenvalue weighted by Gasteiger charge is -2.29. The highest BCUT2D eigenvalue weighted by Crippen LogP contribution is 2.34. The van der Waals surface area contributed by atoms with Crippen molar-refractivity contribution in [3.63, 3.8) is 0 Å². The number of hydrogen-bond donors (Lipinski definition) is 1. The summed E-state index contributed by atoms with van der Waals surface area (Å²) in [5.74, 6) is 0.301. The number of aryl methyl sites for hydroxylation is 1. The Labute approximate surface area is 158 Å². The number of nitrogens with one attached hydrogen (secondary N) is 1. The molecule has 1 unspecified atom stereocenters. The van der Waals surface area contributed by atoms with Crippen molar-refractivity contribution in [1.82, 2.24) is 19.9 Å². The van der Waals surface area contributed by atoms with Gasteiger partial charge in [0.25, 0.3) is 5.56 Å². The number of benzene rings is 1. The maximum Gasteiger partial charge on any atom is 0.256 e. The van der Waals surface area contributed by atoms with Crippen molar-refractivity contribution >= 4 is 11.2 Å². The minimum absolute atomic E-state index is 0.0447. The van der Waals surface area contributed by atoms with E-state index in [1.165, 1.54) is 11.1 Å². The zero-order valence-electron chi connectivity index (χ0n) is 15.4. The van der Waals surface area contributed by atoms with Crippen LogP contribution in [0.5, 0.6) is 0 Å². The van der Waals surface area contributed by atoms with Crippen LogP contribution in [0.15, 0.2) is 47.5 Å². The second-order valence-electron chi connectivity index (χ2n) is 7.67. The third kappa shape index (κ3) is 2.86. The number of rotatable bonds is 2. The topological polar surface area (TPSA) is 59.8 Å². The van der Waals surface area contributed by atoms with Crippen molar-refractivity contribution in [2.24, 2.45) is 0 Å². The predicted octanol–water partition coefficient (Wildman–Crippen LogP) is 3.18. The third-order valence-electron chi connectivity index (χ3n) is 6.12. The summed E-state index contributed by atoms with van der Waals surface area (Å²) >= 11 is 0. The Morgan fingerprint density at radius 1 is 1.00 bits per heavy atom. The van der Waals surface area contributed by atoms with Crippen molar-refractivity contribution in [3.8, 4) is 0 Å². The molecule has 5 nitrogen and oxygen atoms in total. The minimum atomic E-state index is 0.0447. The Hall–Kier alpha value is -2.53. The van der Waals surface area contributed by atoms with E-state index in [-0.39, 0.29) is 11.6 Å². The molecule has 0 spiro atoms. The van der Waals surface area contributed by atoms with Gasteiger partial charge in [-0.25, -0.2) is 4.98 Å². The average molecular weight is 360 g/mol. The number of pyridine rings is 1. The summed E-state index contributed by atoms with van der Waals surface area (Å²) in [7, 11) is 0. The van der Waals surface area contributed by atoms with E-state index in [2.05, 4.69) is 39.6 Å². The van der Waals surface area contributed by atoms with Crippen molar-refractivity contribution in [1.29, 1.82) is 0 Å². The molecular formula is C22H24N4O. The smallest absolute Gasteiger partial charge is 0.256 e. The maximum atomic E-state index is 13.7. The van der Waals surface area contributed by atoms with Crippen LogP contribution in [-0.2, 0) is 6.42 Å². The second-order valence-corrected chi connectivity index (χ2v) is 7.67. The van der Waals surface area contributed by atoms with Gasteiger partial charge in [0.15, 0.2) is 5.65 Å². The van der Waals surface area contributed by atoms with E-state index >= 15 is 0 Å². The van der Waals surface area contributed by atoms with Crippen LogP contribution in [0.1, 0.15) is 54.3 Å². The standard InChI is InChI=1S/C22H24N4O/c27-22-18(16-8-10-23-11-9-16)14-19-21(25-13-12-24-19)26(22)20-7-3-5-15-4-1-2-6-17(15)20/h1-2,4,6,12-14,16,20,23H,3,5,7-11H2. The zero-order valence-corrected chi connectivity index (χ0v) is 15.4. The van der Waals surface area contributed by atoms with Gasteiger partial charge in [-0.2, -0.15) is 0 Å². The van der Waals surface area contributed by atoms with E-state index in [0.717, 1.165) is 56.3 Å². The molecule has 5 heteroatoms. The van der Waals surface area contributed by atoms with Crippen LogP contribution in [0.2, 0.25) is 0 Å². The molecule has 0 radical (unpaired) electrons. The lowest BCUT2D eigenvalue weighted by molar-refractivity contribution is 0.446. The van der Waals surface area contributed by atoms with Gasteiger partial charge in [-0.1, -0.05) is 24.3 Å². The van der Waals surface area contributed by atoms with E-state index in [0.29, 0.717) is 11.6 Å². The normalized spacial score (nSPS) is 20.5. The van der Waals surface area contributed by atoms with Crippen molar-refractivity contribution in [2.75, 3.05) is 13.1 Å². The van der Waals surface area contributed by atoms with Crippen LogP contribution in [0.25, 0.3) is 11.2 Å². The highest BCUT2D eigenvalue weighted by Gasteiger charge is 2.27. The molecule has 1 aliphatic carbocycles. The number of fused-ring (bicyclic) bond motifs is 2. The number of aromatic nitrogens is 3. The molecule has 1 aromatic carbocycles. The van der Waals surface area contributed by atoms with Gasteiger partial charge in [-0.15, -0.1) is 0 Å². The average Bonchev–Trinajstić information content (AvgIpc) is 2.74. The van der Waals surface area contributed by atoms with Crippen molar-refractivity contribution < 1.29 is 0 Å². The van der Waals surface area contributed by atoms with Gasteiger partial charge in [0.05, 0.1) is 6.04 Å². The molecule has 3 aromatic rings. The first-order valence-corrected chi connectivity index (χ1v) is 9.97. The third-order valence-corrected chi connectivity index (χ3v) is 6.12. The zero-order chi connectivity index (χ0) is 18.2. The van der Waals surface area contributed by atoms with Gasteiger partial charge in [-0.3, -0.25) is 14.3 Å². The molecule has 5 rings (SSSR count). The molecule has 0 amide bonds. The van der Waals surface area contributed by atoms with Gasteiger partial charge >= 0.3 is 0 Å². The molecule has 2 aliphatic rings. The Kier molecular flexibility index (Phi) is 4.24. The van der Waals surface area contributed by atoms with E-state index in [9.17, 15) is 4.79 Å². The lowest BCUT2D eigenvalue weighted by atomic mass is 9.86. The van der Waals surface area contributed by atoms with Gasteiger partial charge in [0.1, 0.15) is 5.52 Å². The summed E-state index contributed by atoms with van der Waals surface area (Å²) < 4.78 is 1.94. The number of nitrogens with zero attached hydrogens (tertiary/aromatic N) is 3. The van der Waals surface area contributed by atoms with Crippen LogP contribution >= 0.6 is 0 Å². The molecule has 1 fully saturated rings. The summed E-state index contributed by atoms with van der Waals surface area (Å²) in [6.07, 6.45) is 8.56. The second kappa shape index (κ2) is 6.89. The van der Waals surface area contributed by atoms with Gasteiger partial charge < -0.3 is 5.32 Å². The van der Waals surface area contributed by atoms with Gasteiger partial charge in [0.2, 0.25) is 0 Å². The molecule has 1 N–H and O–H groups in total. The highest BCUT2D eigenvalue weighted by atomic mass is 16.1. The summed E-state index contributed by atoms with van der Waals surface area (Å²) in [6, 6.07) is 10.6. The number of piperidine rings is 1. The summed E-state index contributed by atoms with van der Waals surface area (Å²) in [6.45, 7) is 1.93. The first-order chi connectivity index (χ1) is 13.3. The van der Waals surface area contributed by atoms with E-state index < -0.39 is 0 Å². The monoisotopic (exact) mass is 360 g/mol.